The first-order chi connectivity index (χ1) is 14.4. The minimum atomic E-state index is -4.36. The van der Waals surface area contributed by atoms with Gasteiger partial charge in [0, 0.05) is 17.3 Å². The van der Waals surface area contributed by atoms with Crippen molar-refractivity contribution >= 4 is 17.4 Å². The molecule has 1 aromatic heterocycles. The van der Waals surface area contributed by atoms with Crippen LogP contribution in [0.3, 0.4) is 0 Å². The molecule has 1 aliphatic rings. The third kappa shape index (κ3) is 6.37. The van der Waals surface area contributed by atoms with Gasteiger partial charge in [0.05, 0.1) is 5.56 Å². The van der Waals surface area contributed by atoms with Crippen molar-refractivity contribution in [2.24, 2.45) is 0 Å². The Labute approximate surface area is 182 Å². The third-order valence-corrected chi connectivity index (χ3v) is 6.12. The maximum absolute atomic E-state index is 13.1. The largest absolute Gasteiger partial charge is 0.416 e. The average Bonchev–Trinajstić information content (AvgIpc) is 2.72. The van der Waals surface area contributed by atoms with Crippen molar-refractivity contribution < 1.29 is 13.2 Å². The second-order valence-corrected chi connectivity index (χ2v) is 8.61. The van der Waals surface area contributed by atoms with Gasteiger partial charge in [0.15, 0.2) is 0 Å². The molecule has 0 bridgehead atoms. The lowest BCUT2D eigenvalue weighted by Gasteiger charge is -2.18. The molecule has 0 aliphatic carbocycles. The lowest BCUT2D eigenvalue weighted by atomic mass is 9.89. The SMILES string of the molecule is CC[C@H](CCCCCCc1ccc2c(n1)NCCC2)c1cc(Cl)cc(C(F)(F)F)c1. The highest BCUT2D eigenvalue weighted by atomic mass is 35.5. The molecule has 6 heteroatoms. The Morgan fingerprint density at radius 2 is 1.90 bits per heavy atom. The zero-order chi connectivity index (χ0) is 21.6. The number of nitrogens with zero attached hydrogens (tertiary/aromatic N) is 1. The number of aromatic nitrogens is 1. The first-order valence-corrected chi connectivity index (χ1v) is 11.3. The van der Waals surface area contributed by atoms with Crippen molar-refractivity contribution in [2.75, 3.05) is 11.9 Å². The molecule has 3 rings (SSSR count). The van der Waals surface area contributed by atoms with E-state index in [4.69, 9.17) is 16.6 Å². The van der Waals surface area contributed by atoms with E-state index in [-0.39, 0.29) is 10.9 Å². The quantitative estimate of drug-likeness (QED) is 0.404. The fourth-order valence-electron chi connectivity index (χ4n) is 4.18. The Morgan fingerprint density at radius 3 is 2.67 bits per heavy atom. The van der Waals surface area contributed by atoms with Gasteiger partial charge < -0.3 is 5.32 Å². The number of alkyl halides is 3. The highest BCUT2D eigenvalue weighted by Crippen LogP contribution is 2.35. The molecule has 164 valence electrons. The van der Waals surface area contributed by atoms with E-state index >= 15 is 0 Å². The van der Waals surface area contributed by atoms with Crippen LogP contribution in [0, 0.1) is 0 Å². The first-order valence-electron chi connectivity index (χ1n) is 11.0. The Kier molecular flexibility index (Phi) is 8.04. The number of halogens is 4. The normalized spacial score (nSPS) is 14.8. The molecule has 2 aromatic rings. The summed E-state index contributed by atoms with van der Waals surface area (Å²) in [4.78, 5) is 4.73. The van der Waals surface area contributed by atoms with Gasteiger partial charge in [0.25, 0.3) is 0 Å². The van der Waals surface area contributed by atoms with E-state index in [9.17, 15) is 13.2 Å². The monoisotopic (exact) mass is 438 g/mol. The van der Waals surface area contributed by atoms with Crippen LogP contribution >= 0.6 is 11.6 Å². The molecule has 0 saturated carbocycles. The highest BCUT2D eigenvalue weighted by molar-refractivity contribution is 6.30. The molecule has 1 N–H and O–H groups in total. The van der Waals surface area contributed by atoms with Crippen molar-refractivity contribution in [3.63, 3.8) is 0 Å². The predicted octanol–water partition coefficient (Wildman–Crippen LogP) is 7.80. The molecule has 0 unspecified atom stereocenters. The van der Waals surface area contributed by atoms with Crippen LogP contribution in [0.2, 0.25) is 5.02 Å². The van der Waals surface area contributed by atoms with Crippen molar-refractivity contribution in [3.05, 3.63) is 57.7 Å². The molecule has 2 nitrogen and oxygen atoms in total. The van der Waals surface area contributed by atoms with Gasteiger partial charge in [-0.25, -0.2) is 4.98 Å². The van der Waals surface area contributed by atoms with Crippen LogP contribution in [0.1, 0.15) is 80.2 Å². The van der Waals surface area contributed by atoms with Crippen LogP contribution in [-0.2, 0) is 19.0 Å². The van der Waals surface area contributed by atoms with E-state index in [2.05, 4.69) is 17.4 Å². The number of hydrogen-bond acceptors (Lipinski definition) is 2. The minimum absolute atomic E-state index is 0.109. The Hall–Kier alpha value is -1.75. The molecular weight excluding hydrogens is 409 g/mol. The van der Waals surface area contributed by atoms with Gasteiger partial charge in [-0.3, -0.25) is 0 Å². The molecule has 0 spiro atoms. The summed E-state index contributed by atoms with van der Waals surface area (Å²) >= 11 is 5.95. The third-order valence-electron chi connectivity index (χ3n) is 5.90. The van der Waals surface area contributed by atoms with Crippen LogP contribution in [0.25, 0.3) is 0 Å². The van der Waals surface area contributed by atoms with Crippen LogP contribution in [0.15, 0.2) is 30.3 Å². The number of fused-ring (bicyclic) bond motifs is 1. The molecule has 2 heterocycles. The minimum Gasteiger partial charge on any atom is -0.370 e. The van der Waals surface area contributed by atoms with Gasteiger partial charge >= 0.3 is 6.18 Å². The van der Waals surface area contributed by atoms with E-state index in [0.29, 0.717) is 5.56 Å². The average molecular weight is 439 g/mol. The number of hydrogen-bond donors (Lipinski definition) is 1. The lowest BCUT2D eigenvalue weighted by molar-refractivity contribution is -0.137. The first kappa shape index (κ1) is 22.9. The molecule has 1 atom stereocenters. The van der Waals surface area contributed by atoms with Crippen molar-refractivity contribution in [1.82, 2.24) is 4.98 Å². The molecule has 0 amide bonds. The number of rotatable bonds is 9. The standard InChI is InChI=1S/C24H30ClF3N2/c1-2-17(19-14-20(24(26,27)28)16-21(25)15-19)8-5-3-4-6-10-22-12-11-18-9-7-13-29-23(18)30-22/h11-12,14-17H,2-10,13H2,1H3,(H,29,30)/t17-/m1/s1. The predicted molar refractivity (Wildman–Crippen MR) is 117 cm³/mol. The van der Waals surface area contributed by atoms with Crippen molar-refractivity contribution in [2.45, 2.75) is 76.8 Å². The molecule has 0 saturated heterocycles. The zero-order valence-corrected chi connectivity index (χ0v) is 18.3. The van der Waals surface area contributed by atoms with Crippen LogP contribution in [0.5, 0.6) is 0 Å². The van der Waals surface area contributed by atoms with Gasteiger partial charge in [-0.1, -0.05) is 43.9 Å². The van der Waals surface area contributed by atoms with Crippen LogP contribution in [0.4, 0.5) is 19.0 Å². The summed E-state index contributed by atoms with van der Waals surface area (Å²) in [6.07, 6.45) is 4.83. The number of unbranched alkanes of at least 4 members (excludes halogenated alkanes) is 3. The molecular formula is C24H30ClF3N2. The second kappa shape index (κ2) is 10.5. The van der Waals surface area contributed by atoms with E-state index in [1.807, 2.05) is 6.92 Å². The summed E-state index contributed by atoms with van der Waals surface area (Å²) < 4.78 is 39.2. The van der Waals surface area contributed by atoms with E-state index in [0.717, 1.165) is 75.5 Å². The fourth-order valence-corrected chi connectivity index (χ4v) is 4.42. The summed E-state index contributed by atoms with van der Waals surface area (Å²) in [5.74, 6) is 1.16. The van der Waals surface area contributed by atoms with Gasteiger partial charge in [0.2, 0.25) is 0 Å². The molecule has 30 heavy (non-hydrogen) atoms. The van der Waals surface area contributed by atoms with Gasteiger partial charge in [0.1, 0.15) is 5.82 Å². The van der Waals surface area contributed by atoms with E-state index in [1.54, 1.807) is 6.07 Å². The summed E-state index contributed by atoms with van der Waals surface area (Å²) in [6, 6.07) is 8.27. The van der Waals surface area contributed by atoms with Crippen LogP contribution < -0.4 is 5.32 Å². The Bertz CT molecular complexity index is 836. The maximum atomic E-state index is 13.1. The molecule has 0 radical (unpaired) electrons. The second-order valence-electron chi connectivity index (χ2n) is 8.17. The summed E-state index contributed by atoms with van der Waals surface area (Å²) in [5.41, 5.74) is 2.48. The molecule has 0 fully saturated rings. The van der Waals surface area contributed by atoms with Gasteiger partial charge in [-0.15, -0.1) is 0 Å². The van der Waals surface area contributed by atoms with E-state index in [1.165, 1.54) is 18.1 Å². The highest BCUT2D eigenvalue weighted by Gasteiger charge is 2.31. The number of pyridine rings is 1. The number of nitrogens with one attached hydrogen (secondary N) is 1. The zero-order valence-electron chi connectivity index (χ0n) is 17.5. The smallest absolute Gasteiger partial charge is 0.370 e. The topological polar surface area (TPSA) is 24.9 Å². The maximum Gasteiger partial charge on any atom is 0.416 e. The Morgan fingerprint density at radius 1 is 1.10 bits per heavy atom. The van der Waals surface area contributed by atoms with Gasteiger partial charge in [-0.05, 0) is 79.8 Å². The van der Waals surface area contributed by atoms with Crippen molar-refractivity contribution in [1.29, 1.82) is 0 Å². The number of aryl methyl sites for hydroxylation is 2. The fraction of sp³-hybridized carbons (Fsp3) is 0.542. The molecule has 1 aliphatic heterocycles. The van der Waals surface area contributed by atoms with E-state index < -0.39 is 11.7 Å². The summed E-state index contributed by atoms with van der Waals surface area (Å²) in [7, 11) is 0. The lowest BCUT2D eigenvalue weighted by Crippen LogP contribution is -2.13. The van der Waals surface area contributed by atoms with Gasteiger partial charge in [-0.2, -0.15) is 13.2 Å². The number of anilines is 1. The van der Waals surface area contributed by atoms with Crippen LogP contribution in [-0.4, -0.2) is 11.5 Å². The van der Waals surface area contributed by atoms with Crippen molar-refractivity contribution in [3.8, 4) is 0 Å². The summed E-state index contributed by atoms with van der Waals surface area (Å²) in [6.45, 7) is 3.02. The summed E-state index contributed by atoms with van der Waals surface area (Å²) in [5, 5.41) is 3.53. The number of benzene rings is 1. The molecule has 1 aromatic carbocycles. The Balaban J connectivity index is 1.44.